The van der Waals surface area contributed by atoms with Gasteiger partial charge in [-0.1, -0.05) is 43.7 Å². The van der Waals surface area contributed by atoms with E-state index in [2.05, 4.69) is 58.9 Å². The first-order valence-corrected chi connectivity index (χ1v) is 8.48. The van der Waals surface area contributed by atoms with Crippen LogP contribution in [0.1, 0.15) is 38.8 Å². The number of carbonyl (C=O) groups is 1. The topological polar surface area (TPSA) is 20.3 Å². The molecule has 3 heteroatoms. The molecule has 0 atom stereocenters. The molecule has 0 spiro atoms. The molecule has 0 aliphatic rings. The minimum atomic E-state index is 0.256. The summed E-state index contributed by atoms with van der Waals surface area (Å²) in [5, 5.41) is 0. The second kappa shape index (κ2) is 8.35. The molecule has 1 aromatic rings. The van der Waals surface area contributed by atoms with Crippen LogP contribution in [0.25, 0.3) is 0 Å². The molecule has 0 bridgehead atoms. The first kappa shape index (κ1) is 17.1. The Morgan fingerprint density at radius 2 is 1.95 bits per heavy atom. The Labute approximate surface area is 127 Å². The highest BCUT2D eigenvalue weighted by atomic mass is 32.2. The van der Waals surface area contributed by atoms with E-state index < -0.39 is 0 Å². The minimum Gasteiger partial charge on any atom is -0.339 e. The van der Waals surface area contributed by atoms with Gasteiger partial charge in [0.2, 0.25) is 5.91 Å². The molecule has 0 unspecified atom stereocenters. The van der Waals surface area contributed by atoms with Crippen molar-refractivity contribution in [2.75, 3.05) is 12.3 Å². The fourth-order valence-corrected chi connectivity index (χ4v) is 2.99. The average Bonchev–Trinajstić information content (AvgIpc) is 2.35. The third-order valence-electron chi connectivity index (χ3n) is 3.08. The van der Waals surface area contributed by atoms with E-state index in [9.17, 15) is 4.79 Å². The van der Waals surface area contributed by atoms with Gasteiger partial charge in [-0.2, -0.15) is 0 Å². The number of carbonyl (C=O) groups excluding carboxylic acids is 1. The minimum absolute atomic E-state index is 0.256. The molecule has 0 radical (unpaired) electrons. The third kappa shape index (κ3) is 6.00. The summed E-state index contributed by atoms with van der Waals surface area (Å²) < 4.78 is 0. The molecule has 0 saturated heterocycles. The van der Waals surface area contributed by atoms with E-state index in [1.54, 1.807) is 11.8 Å². The van der Waals surface area contributed by atoms with Gasteiger partial charge in [0.05, 0.1) is 5.75 Å². The summed E-state index contributed by atoms with van der Waals surface area (Å²) in [6.45, 7) is 11.4. The van der Waals surface area contributed by atoms with E-state index in [1.165, 1.54) is 11.1 Å². The molecule has 0 aliphatic heterocycles. The molecule has 1 rings (SSSR count). The van der Waals surface area contributed by atoms with Crippen LogP contribution in [0.2, 0.25) is 0 Å². The molecule has 0 N–H and O–H groups in total. The molecule has 1 aromatic carbocycles. The van der Waals surface area contributed by atoms with Gasteiger partial charge in [0.15, 0.2) is 0 Å². The summed E-state index contributed by atoms with van der Waals surface area (Å²) in [7, 11) is 0. The van der Waals surface area contributed by atoms with E-state index in [-0.39, 0.29) is 11.9 Å². The van der Waals surface area contributed by atoms with Crippen LogP contribution in [0.3, 0.4) is 0 Å². The number of amides is 1. The monoisotopic (exact) mass is 293 g/mol. The normalized spacial score (nSPS) is 11.2. The molecular weight excluding hydrogens is 266 g/mol. The highest BCUT2D eigenvalue weighted by Gasteiger charge is 2.17. The van der Waals surface area contributed by atoms with Crippen molar-refractivity contribution in [3.8, 4) is 0 Å². The molecule has 1 amide bonds. The number of nitrogens with zero attached hydrogens (tertiary/aromatic N) is 1. The molecule has 0 aromatic heterocycles. The second-order valence-corrected chi connectivity index (χ2v) is 7.00. The number of hydrogen-bond donors (Lipinski definition) is 0. The maximum atomic E-state index is 12.3. The lowest BCUT2D eigenvalue weighted by molar-refractivity contribution is -0.130. The van der Waals surface area contributed by atoms with E-state index in [0.717, 1.165) is 12.3 Å². The van der Waals surface area contributed by atoms with Crippen LogP contribution in [-0.2, 0) is 10.5 Å². The van der Waals surface area contributed by atoms with Crippen molar-refractivity contribution in [1.29, 1.82) is 0 Å². The predicted molar refractivity (Wildman–Crippen MR) is 89.0 cm³/mol. The summed E-state index contributed by atoms with van der Waals surface area (Å²) in [6, 6.07) is 8.77. The Bertz CT molecular complexity index is 429. The van der Waals surface area contributed by atoms with Crippen LogP contribution >= 0.6 is 11.8 Å². The quantitative estimate of drug-likeness (QED) is 0.753. The predicted octanol–water partition coefficient (Wildman–Crippen LogP) is 4.12. The van der Waals surface area contributed by atoms with E-state index >= 15 is 0 Å². The van der Waals surface area contributed by atoms with E-state index in [0.29, 0.717) is 11.7 Å². The lowest BCUT2D eigenvalue weighted by Crippen LogP contribution is -2.40. The van der Waals surface area contributed by atoms with Crippen molar-refractivity contribution in [2.24, 2.45) is 5.92 Å². The fraction of sp³-hybridized carbons (Fsp3) is 0.588. The average molecular weight is 293 g/mol. The first-order valence-electron chi connectivity index (χ1n) is 7.33. The lowest BCUT2D eigenvalue weighted by Gasteiger charge is -2.28. The van der Waals surface area contributed by atoms with Gasteiger partial charge in [-0.05, 0) is 32.3 Å². The van der Waals surface area contributed by atoms with Crippen molar-refractivity contribution < 1.29 is 4.79 Å². The molecule has 2 nitrogen and oxygen atoms in total. The highest BCUT2D eigenvalue weighted by Crippen LogP contribution is 2.15. The van der Waals surface area contributed by atoms with Crippen LogP contribution in [0, 0.1) is 12.8 Å². The number of benzene rings is 1. The molecule has 112 valence electrons. The Balaban J connectivity index is 2.45. The zero-order valence-corrected chi connectivity index (χ0v) is 14.2. The maximum absolute atomic E-state index is 12.3. The summed E-state index contributed by atoms with van der Waals surface area (Å²) in [5.41, 5.74) is 2.57. The van der Waals surface area contributed by atoms with Gasteiger partial charge in [-0.25, -0.2) is 0 Å². The van der Waals surface area contributed by atoms with Gasteiger partial charge < -0.3 is 4.90 Å². The van der Waals surface area contributed by atoms with Crippen LogP contribution in [0.4, 0.5) is 0 Å². The van der Waals surface area contributed by atoms with Gasteiger partial charge in [-0.3, -0.25) is 4.79 Å². The largest absolute Gasteiger partial charge is 0.339 e. The smallest absolute Gasteiger partial charge is 0.232 e. The fourth-order valence-electron chi connectivity index (χ4n) is 2.14. The third-order valence-corrected chi connectivity index (χ3v) is 4.07. The summed E-state index contributed by atoms with van der Waals surface area (Å²) in [4.78, 5) is 14.3. The van der Waals surface area contributed by atoms with E-state index in [4.69, 9.17) is 0 Å². The van der Waals surface area contributed by atoms with Gasteiger partial charge >= 0.3 is 0 Å². The number of thioether (sulfide) groups is 1. The molecular formula is C17H27NOS. The SMILES string of the molecule is Cc1cccc(CSCC(=O)N(CC(C)C)C(C)C)c1. The van der Waals surface area contributed by atoms with Crippen LogP contribution < -0.4 is 0 Å². The van der Waals surface area contributed by atoms with Crippen LogP contribution in [0.15, 0.2) is 24.3 Å². The van der Waals surface area contributed by atoms with E-state index in [1.807, 2.05) is 4.90 Å². The first-order chi connectivity index (χ1) is 9.40. The maximum Gasteiger partial charge on any atom is 0.232 e. The second-order valence-electron chi connectivity index (χ2n) is 6.02. The van der Waals surface area contributed by atoms with Gasteiger partial charge in [0.1, 0.15) is 0 Å². The highest BCUT2D eigenvalue weighted by molar-refractivity contribution is 7.99. The molecule has 0 saturated carbocycles. The van der Waals surface area contributed by atoms with Crippen molar-refractivity contribution in [3.63, 3.8) is 0 Å². The number of hydrogen-bond acceptors (Lipinski definition) is 2. The Morgan fingerprint density at radius 1 is 1.25 bits per heavy atom. The van der Waals surface area contributed by atoms with Crippen molar-refractivity contribution >= 4 is 17.7 Å². The Morgan fingerprint density at radius 3 is 2.50 bits per heavy atom. The van der Waals surface area contributed by atoms with Crippen molar-refractivity contribution in [3.05, 3.63) is 35.4 Å². The van der Waals surface area contributed by atoms with Gasteiger partial charge in [-0.15, -0.1) is 11.8 Å². The lowest BCUT2D eigenvalue weighted by atomic mass is 10.2. The molecule has 0 aliphatic carbocycles. The summed E-state index contributed by atoms with van der Waals surface area (Å²) >= 11 is 1.70. The number of aryl methyl sites for hydroxylation is 1. The molecule has 20 heavy (non-hydrogen) atoms. The Kier molecular flexibility index (Phi) is 7.14. The van der Waals surface area contributed by atoms with Crippen LogP contribution in [0.5, 0.6) is 0 Å². The standard InChI is InChI=1S/C17H27NOS/c1-13(2)10-18(14(3)4)17(19)12-20-11-16-8-6-7-15(5)9-16/h6-9,13-14H,10-12H2,1-5H3. The Hall–Kier alpha value is -0.960. The van der Waals surface area contributed by atoms with Crippen molar-refractivity contribution in [2.45, 2.75) is 46.4 Å². The zero-order valence-electron chi connectivity index (χ0n) is 13.3. The summed E-state index contributed by atoms with van der Waals surface area (Å²) in [6.07, 6.45) is 0. The van der Waals surface area contributed by atoms with Crippen LogP contribution in [-0.4, -0.2) is 29.1 Å². The summed E-state index contributed by atoms with van der Waals surface area (Å²) in [5.74, 6) is 2.24. The molecule has 0 heterocycles. The van der Waals surface area contributed by atoms with Crippen molar-refractivity contribution in [1.82, 2.24) is 4.90 Å². The zero-order chi connectivity index (χ0) is 15.1. The number of rotatable bonds is 7. The molecule has 0 fully saturated rings. The van der Waals surface area contributed by atoms with Gasteiger partial charge in [0, 0.05) is 18.3 Å². The van der Waals surface area contributed by atoms with Gasteiger partial charge in [0.25, 0.3) is 0 Å².